The maximum atomic E-state index is 11.6. The molecular weight excluding hydrogens is 278 g/mol. The van der Waals surface area contributed by atoms with Gasteiger partial charge in [-0.05, 0) is 6.26 Å². The molecule has 2 N–H and O–H groups in total. The van der Waals surface area contributed by atoms with Crippen LogP contribution in [0, 0.1) is 0 Å². The van der Waals surface area contributed by atoms with Gasteiger partial charge in [-0.2, -0.15) is 0 Å². The third-order valence-corrected chi connectivity index (χ3v) is 4.58. The van der Waals surface area contributed by atoms with E-state index in [4.69, 9.17) is 0 Å². The van der Waals surface area contributed by atoms with E-state index in [2.05, 4.69) is 25.8 Å². The average Bonchev–Trinajstić information content (AvgIpc) is 2.97. The molecule has 17 heavy (non-hydrogen) atoms. The molecule has 92 valence electrons. The van der Waals surface area contributed by atoms with Crippen molar-refractivity contribution in [2.75, 3.05) is 30.4 Å². The van der Waals surface area contributed by atoms with Gasteiger partial charge < -0.3 is 5.32 Å². The van der Waals surface area contributed by atoms with Crippen LogP contribution in [0.2, 0.25) is 0 Å². The maximum Gasteiger partial charge on any atom is 0.236 e. The normalized spacial score (nSPS) is 14.3. The van der Waals surface area contributed by atoms with Crippen LogP contribution < -0.4 is 10.6 Å². The first kappa shape index (κ1) is 12.7. The first-order valence-electron chi connectivity index (χ1n) is 4.86. The lowest BCUT2D eigenvalue weighted by Gasteiger charge is -2.01. The summed E-state index contributed by atoms with van der Waals surface area (Å²) in [4.78, 5) is 15.8. The number of rotatable bonds is 4. The largest absolute Gasteiger partial charge is 0.363 e. The molecule has 1 aliphatic rings. The van der Waals surface area contributed by atoms with Gasteiger partial charge in [0.2, 0.25) is 11.0 Å². The third kappa shape index (κ3) is 3.86. The average molecular weight is 289 g/mol. The third-order valence-electron chi connectivity index (χ3n) is 1.81. The summed E-state index contributed by atoms with van der Waals surface area (Å²) in [5.41, 5.74) is 0. The van der Waals surface area contributed by atoms with Gasteiger partial charge in [-0.3, -0.25) is 15.1 Å². The molecule has 0 fully saturated rings. The molecule has 0 saturated heterocycles. The first-order chi connectivity index (χ1) is 8.28. The molecule has 0 bridgehead atoms. The quantitative estimate of drug-likeness (QED) is 0.633. The minimum absolute atomic E-state index is 0.0878. The highest BCUT2D eigenvalue weighted by Crippen LogP contribution is 2.23. The Morgan fingerprint density at radius 3 is 3.12 bits per heavy atom. The van der Waals surface area contributed by atoms with Crippen LogP contribution in [0.4, 0.5) is 5.13 Å². The van der Waals surface area contributed by atoms with E-state index in [1.54, 1.807) is 0 Å². The summed E-state index contributed by atoms with van der Waals surface area (Å²) >= 11 is 4.28. The van der Waals surface area contributed by atoms with Crippen LogP contribution in [0.25, 0.3) is 0 Å². The van der Waals surface area contributed by atoms with Crippen molar-refractivity contribution < 1.29 is 4.79 Å². The van der Waals surface area contributed by atoms with Crippen LogP contribution in [0.15, 0.2) is 9.33 Å². The molecule has 1 aromatic rings. The minimum atomic E-state index is -0.0878. The highest BCUT2D eigenvalue weighted by atomic mass is 32.2. The zero-order chi connectivity index (χ0) is 12.1. The zero-order valence-electron chi connectivity index (χ0n) is 9.10. The van der Waals surface area contributed by atoms with E-state index in [1.807, 2.05) is 6.26 Å². The predicted molar refractivity (Wildman–Crippen MR) is 73.1 cm³/mol. The molecule has 2 rings (SSSR count). The van der Waals surface area contributed by atoms with Crippen molar-refractivity contribution in [3.63, 3.8) is 0 Å². The number of nitrogens with zero attached hydrogens (tertiary/aromatic N) is 3. The molecule has 9 heteroatoms. The van der Waals surface area contributed by atoms with Gasteiger partial charge in [0.1, 0.15) is 0 Å². The van der Waals surface area contributed by atoms with Crippen molar-refractivity contribution in [1.82, 2.24) is 15.5 Å². The standard InChI is InChI=1S/C8H11N5OS3/c1-15-8-13-12-7(17-8)11-5(14)4-16-6-9-2-3-10-6/h2-4H2,1H3,(H,9,10)(H,11,12,14). The van der Waals surface area contributed by atoms with Gasteiger partial charge in [0.05, 0.1) is 12.3 Å². The number of amidine groups is 1. The fraction of sp³-hybridized carbons (Fsp3) is 0.500. The van der Waals surface area contributed by atoms with E-state index in [-0.39, 0.29) is 5.91 Å². The SMILES string of the molecule is CSc1nnc(NC(=O)CSC2=NCCN2)s1. The Labute approximate surface area is 111 Å². The number of thioether (sulfide) groups is 2. The minimum Gasteiger partial charge on any atom is -0.363 e. The molecule has 1 aromatic heterocycles. The second-order valence-electron chi connectivity index (χ2n) is 3.03. The highest BCUT2D eigenvalue weighted by Gasteiger charge is 2.11. The molecule has 0 aromatic carbocycles. The number of aliphatic imine (C=N–C) groups is 1. The Kier molecular flexibility index (Phi) is 4.63. The first-order valence-corrected chi connectivity index (χ1v) is 7.89. The van der Waals surface area contributed by atoms with Gasteiger partial charge in [0.25, 0.3) is 0 Å². The molecule has 6 nitrogen and oxygen atoms in total. The monoisotopic (exact) mass is 289 g/mol. The Bertz CT molecular complexity index is 433. The van der Waals surface area contributed by atoms with Crippen LogP contribution in [0.1, 0.15) is 0 Å². The Hall–Kier alpha value is -0.800. The summed E-state index contributed by atoms with van der Waals surface area (Å²) in [7, 11) is 0. The molecule has 0 atom stereocenters. The van der Waals surface area contributed by atoms with Gasteiger partial charge >= 0.3 is 0 Å². The van der Waals surface area contributed by atoms with Crippen LogP contribution in [-0.4, -0.2) is 46.4 Å². The number of hydrogen-bond acceptors (Lipinski definition) is 8. The number of nitrogens with one attached hydrogen (secondary N) is 2. The van der Waals surface area contributed by atoms with E-state index in [1.165, 1.54) is 34.9 Å². The van der Waals surface area contributed by atoms with Crippen molar-refractivity contribution in [3.8, 4) is 0 Å². The number of anilines is 1. The van der Waals surface area contributed by atoms with Crippen molar-refractivity contribution in [2.24, 2.45) is 4.99 Å². The Morgan fingerprint density at radius 1 is 1.59 bits per heavy atom. The summed E-state index contributed by atoms with van der Waals surface area (Å²) in [5.74, 6) is 0.246. The Balaban J connectivity index is 1.76. The van der Waals surface area contributed by atoms with Crippen molar-refractivity contribution >= 4 is 51.1 Å². The molecule has 0 radical (unpaired) electrons. The molecule has 0 unspecified atom stereocenters. The van der Waals surface area contributed by atoms with Gasteiger partial charge in [0.15, 0.2) is 9.51 Å². The number of amides is 1. The molecule has 0 aliphatic carbocycles. The van der Waals surface area contributed by atoms with E-state index in [9.17, 15) is 4.79 Å². The lowest BCUT2D eigenvalue weighted by Crippen LogP contribution is -2.20. The summed E-state index contributed by atoms with van der Waals surface area (Å²) in [6.45, 7) is 1.65. The predicted octanol–water partition coefficient (Wildman–Crippen LogP) is 0.891. The van der Waals surface area contributed by atoms with Gasteiger partial charge in [-0.25, -0.2) is 0 Å². The summed E-state index contributed by atoms with van der Waals surface area (Å²) < 4.78 is 0.842. The van der Waals surface area contributed by atoms with Crippen LogP contribution >= 0.6 is 34.9 Å². The van der Waals surface area contributed by atoms with Gasteiger partial charge in [0, 0.05) is 6.54 Å². The molecule has 1 amide bonds. The maximum absolute atomic E-state index is 11.6. The number of aromatic nitrogens is 2. The second kappa shape index (κ2) is 6.22. The second-order valence-corrected chi connectivity index (χ2v) is 6.02. The lowest BCUT2D eigenvalue weighted by molar-refractivity contribution is -0.113. The molecular formula is C8H11N5OS3. The fourth-order valence-electron chi connectivity index (χ4n) is 1.10. The zero-order valence-corrected chi connectivity index (χ0v) is 11.5. The summed E-state index contributed by atoms with van der Waals surface area (Å²) in [6.07, 6.45) is 1.92. The molecule has 2 heterocycles. The number of hydrogen-bond donors (Lipinski definition) is 2. The fourth-order valence-corrected chi connectivity index (χ4v) is 3.02. The van der Waals surface area contributed by atoms with Crippen LogP contribution in [0.3, 0.4) is 0 Å². The number of carbonyl (C=O) groups excluding carboxylic acids is 1. The van der Waals surface area contributed by atoms with E-state index < -0.39 is 0 Å². The van der Waals surface area contributed by atoms with E-state index >= 15 is 0 Å². The Morgan fingerprint density at radius 2 is 2.47 bits per heavy atom. The highest BCUT2D eigenvalue weighted by molar-refractivity contribution is 8.14. The lowest BCUT2D eigenvalue weighted by atomic mass is 10.7. The summed E-state index contributed by atoms with van der Waals surface area (Å²) in [6, 6.07) is 0. The van der Waals surface area contributed by atoms with Gasteiger partial charge in [-0.15, -0.1) is 10.2 Å². The molecule has 0 spiro atoms. The summed E-state index contributed by atoms with van der Waals surface area (Å²) in [5, 5.41) is 14.9. The van der Waals surface area contributed by atoms with Crippen LogP contribution in [0.5, 0.6) is 0 Å². The number of carbonyl (C=O) groups is 1. The van der Waals surface area contributed by atoms with Crippen LogP contribution in [-0.2, 0) is 4.79 Å². The molecule has 0 saturated carbocycles. The van der Waals surface area contributed by atoms with E-state index in [0.717, 1.165) is 22.6 Å². The molecule has 1 aliphatic heterocycles. The van der Waals surface area contributed by atoms with Crippen molar-refractivity contribution in [2.45, 2.75) is 4.34 Å². The topological polar surface area (TPSA) is 79.3 Å². The van der Waals surface area contributed by atoms with E-state index in [0.29, 0.717) is 10.9 Å². The van der Waals surface area contributed by atoms with Crippen molar-refractivity contribution in [1.29, 1.82) is 0 Å². The van der Waals surface area contributed by atoms with Gasteiger partial charge in [-0.1, -0.05) is 34.9 Å². The smallest absolute Gasteiger partial charge is 0.236 e. The van der Waals surface area contributed by atoms with Crippen molar-refractivity contribution in [3.05, 3.63) is 0 Å².